The number of aromatic nitrogens is 1. The molecule has 0 aliphatic carbocycles. The largest absolute Gasteiger partial charge is 0.481 e. The van der Waals surface area contributed by atoms with Crippen LogP contribution in [0.15, 0.2) is 24.5 Å². The lowest BCUT2D eigenvalue weighted by atomic mass is 9.75. The van der Waals surface area contributed by atoms with Crippen LogP contribution in [0.25, 0.3) is 0 Å². The summed E-state index contributed by atoms with van der Waals surface area (Å²) in [5.74, 6) is -0.626. The van der Waals surface area contributed by atoms with Crippen molar-refractivity contribution in [1.82, 2.24) is 9.88 Å². The van der Waals surface area contributed by atoms with E-state index in [9.17, 15) is 9.90 Å². The van der Waals surface area contributed by atoms with E-state index in [2.05, 4.69) is 29.8 Å². The number of aliphatic carboxylic acids is 1. The fraction of sp³-hybridized carbons (Fsp3) is 0.647. The maximum atomic E-state index is 11.8. The van der Waals surface area contributed by atoms with Crippen LogP contribution in [0.3, 0.4) is 0 Å². The standard InChI is InChI=1S/C17H26N2O2/c1-14(2)19-11-5-9-17(13-19,16(20)21)8-3-6-15-7-4-10-18-12-15/h4,7,10,12,14H,3,5-6,8-9,11,13H2,1-2H3,(H,20,21)/t17-/m1/s1. The minimum atomic E-state index is -0.626. The minimum absolute atomic E-state index is 0.419. The molecular weight excluding hydrogens is 264 g/mol. The van der Waals surface area contributed by atoms with Gasteiger partial charge in [-0.1, -0.05) is 6.07 Å². The SMILES string of the molecule is CC(C)N1CCC[C@@](CCCc2cccnc2)(C(=O)O)C1. The summed E-state index contributed by atoms with van der Waals surface area (Å²) in [5.41, 5.74) is 0.625. The van der Waals surface area contributed by atoms with Gasteiger partial charge in [0.05, 0.1) is 5.41 Å². The third-order valence-corrected chi connectivity index (χ3v) is 4.63. The van der Waals surface area contributed by atoms with Gasteiger partial charge in [-0.3, -0.25) is 14.7 Å². The van der Waals surface area contributed by atoms with Crippen molar-refractivity contribution in [3.63, 3.8) is 0 Å². The van der Waals surface area contributed by atoms with Crippen LogP contribution in [-0.4, -0.2) is 40.1 Å². The van der Waals surface area contributed by atoms with E-state index in [4.69, 9.17) is 0 Å². The summed E-state index contributed by atoms with van der Waals surface area (Å²) in [5, 5.41) is 9.75. The first-order valence-corrected chi connectivity index (χ1v) is 7.90. The summed E-state index contributed by atoms with van der Waals surface area (Å²) in [6, 6.07) is 4.41. The lowest BCUT2D eigenvalue weighted by Gasteiger charge is -2.42. The highest BCUT2D eigenvalue weighted by Crippen LogP contribution is 2.36. The van der Waals surface area contributed by atoms with Crippen molar-refractivity contribution >= 4 is 5.97 Å². The zero-order valence-corrected chi connectivity index (χ0v) is 13.1. The van der Waals surface area contributed by atoms with Gasteiger partial charge in [0.2, 0.25) is 0 Å². The Balaban J connectivity index is 1.97. The van der Waals surface area contributed by atoms with Crippen LogP contribution in [0.5, 0.6) is 0 Å². The number of pyridine rings is 1. The van der Waals surface area contributed by atoms with E-state index in [-0.39, 0.29) is 0 Å². The second kappa shape index (κ2) is 7.03. The molecule has 0 radical (unpaired) electrons. The number of rotatable bonds is 6. The van der Waals surface area contributed by atoms with Gasteiger partial charge in [0, 0.05) is 25.0 Å². The van der Waals surface area contributed by atoms with Gasteiger partial charge in [0.25, 0.3) is 0 Å². The zero-order chi connectivity index (χ0) is 15.3. The zero-order valence-electron chi connectivity index (χ0n) is 13.1. The van der Waals surface area contributed by atoms with Gasteiger partial charge < -0.3 is 5.11 Å². The molecule has 4 heteroatoms. The predicted molar refractivity (Wildman–Crippen MR) is 83.2 cm³/mol. The highest BCUT2D eigenvalue weighted by molar-refractivity contribution is 5.75. The molecule has 0 unspecified atom stereocenters. The van der Waals surface area contributed by atoms with Gasteiger partial charge in [-0.2, -0.15) is 0 Å². The minimum Gasteiger partial charge on any atom is -0.481 e. The Morgan fingerprint density at radius 2 is 2.33 bits per heavy atom. The van der Waals surface area contributed by atoms with E-state index >= 15 is 0 Å². The van der Waals surface area contributed by atoms with Gasteiger partial charge in [0.1, 0.15) is 0 Å². The van der Waals surface area contributed by atoms with Crippen molar-refractivity contribution in [1.29, 1.82) is 0 Å². The Kier molecular flexibility index (Phi) is 5.34. The molecule has 1 atom stereocenters. The molecule has 116 valence electrons. The fourth-order valence-electron chi connectivity index (χ4n) is 3.27. The molecule has 2 heterocycles. The number of carbonyl (C=O) groups is 1. The van der Waals surface area contributed by atoms with Gasteiger partial charge in [-0.25, -0.2) is 0 Å². The summed E-state index contributed by atoms with van der Waals surface area (Å²) < 4.78 is 0. The molecule has 1 aromatic rings. The number of hydrogen-bond donors (Lipinski definition) is 1. The number of piperidine rings is 1. The summed E-state index contributed by atoms with van der Waals surface area (Å²) in [7, 11) is 0. The van der Waals surface area contributed by atoms with E-state index in [0.717, 1.165) is 38.6 Å². The van der Waals surface area contributed by atoms with Crippen LogP contribution < -0.4 is 0 Å². The molecule has 0 spiro atoms. The van der Waals surface area contributed by atoms with E-state index in [0.29, 0.717) is 12.6 Å². The monoisotopic (exact) mass is 290 g/mol. The third-order valence-electron chi connectivity index (χ3n) is 4.63. The van der Waals surface area contributed by atoms with E-state index in [1.165, 1.54) is 5.56 Å². The number of carboxylic acid groups (broad SMARTS) is 1. The van der Waals surface area contributed by atoms with Gasteiger partial charge in [0.15, 0.2) is 0 Å². The van der Waals surface area contributed by atoms with Gasteiger partial charge in [-0.15, -0.1) is 0 Å². The molecule has 2 rings (SSSR count). The van der Waals surface area contributed by atoms with Crippen LogP contribution in [0.2, 0.25) is 0 Å². The molecule has 1 aromatic heterocycles. The normalized spacial score (nSPS) is 23.4. The first kappa shape index (κ1) is 16.0. The van der Waals surface area contributed by atoms with Crippen molar-refractivity contribution in [2.45, 2.75) is 52.0 Å². The van der Waals surface area contributed by atoms with Crippen molar-refractivity contribution < 1.29 is 9.90 Å². The summed E-state index contributed by atoms with van der Waals surface area (Å²) in [6.45, 7) is 6.00. The van der Waals surface area contributed by atoms with Crippen LogP contribution in [0.4, 0.5) is 0 Å². The van der Waals surface area contributed by atoms with Crippen molar-refractivity contribution in [3.8, 4) is 0 Å². The molecule has 1 fully saturated rings. The van der Waals surface area contributed by atoms with Gasteiger partial charge in [-0.05, 0) is 64.1 Å². The smallest absolute Gasteiger partial charge is 0.310 e. The van der Waals surface area contributed by atoms with Crippen molar-refractivity contribution in [2.75, 3.05) is 13.1 Å². The second-order valence-electron chi connectivity index (χ2n) is 6.47. The first-order chi connectivity index (χ1) is 10.0. The highest BCUT2D eigenvalue weighted by Gasteiger charge is 2.42. The fourth-order valence-corrected chi connectivity index (χ4v) is 3.27. The Hall–Kier alpha value is -1.42. The molecule has 1 aliphatic heterocycles. The quantitative estimate of drug-likeness (QED) is 0.875. The summed E-state index contributed by atoms with van der Waals surface area (Å²) >= 11 is 0. The van der Waals surface area contributed by atoms with Crippen LogP contribution in [0.1, 0.15) is 45.1 Å². The average Bonchev–Trinajstić information content (AvgIpc) is 2.48. The van der Waals surface area contributed by atoms with E-state index in [1.54, 1.807) is 6.20 Å². The number of carboxylic acids is 1. The third kappa shape index (κ3) is 4.03. The molecule has 0 amide bonds. The maximum Gasteiger partial charge on any atom is 0.310 e. The molecule has 1 saturated heterocycles. The number of likely N-dealkylation sites (tertiary alicyclic amines) is 1. The molecule has 1 aliphatic rings. The Morgan fingerprint density at radius 1 is 1.52 bits per heavy atom. The average molecular weight is 290 g/mol. The van der Waals surface area contributed by atoms with E-state index in [1.807, 2.05) is 12.3 Å². The summed E-state index contributed by atoms with van der Waals surface area (Å²) in [6.07, 6.45) is 7.99. The molecule has 0 saturated carbocycles. The lowest BCUT2D eigenvalue weighted by Crippen LogP contribution is -2.50. The molecule has 1 N–H and O–H groups in total. The van der Waals surface area contributed by atoms with Crippen LogP contribution >= 0.6 is 0 Å². The molecule has 0 aromatic carbocycles. The Bertz CT molecular complexity index is 461. The Labute approximate surface area is 127 Å². The number of aryl methyl sites for hydroxylation is 1. The predicted octanol–water partition coefficient (Wildman–Crippen LogP) is 2.98. The highest BCUT2D eigenvalue weighted by atomic mass is 16.4. The van der Waals surface area contributed by atoms with Gasteiger partial charge >= 0.3 is 5.97 Å². The maximum absolute atomic E-state index is 11.8. The molecular formula is C17H26N2O2. The topological polar surface area (TPSA) is 53.4 Å². The van der Waals surface area contributed by atoms with Crippen molar-refractivity contribution in [2.24, 2.45) is 5.41 Å². The number of hydrogen-bond acceptors (Lipinski definition) is 3. The number of nitrogens with zero attached hydrogens (tertiary/aromatic N) is 2. The van der Waals surface area contributed by atoms with E-state index < -0.39 is 11.4 Å². The molecule has 0 bridgehead atoms. The Morgan fingerprint density at radius 3 is 2.95 bits per heavy atom. The molecule has 4 nitrogen and oxygen atoms in total. The second-order valence-corrected chi connectivity index (χ2v) is 6.47. The molecule has 21 heavy (non-hydrogen) atoms. The lowest BCUT2D eigenvalue weighted by molar-refractivity contribution is -0.153. The van der Waals surface area contributed by atoms with Crippen molar-refractivity contribution in [3.05, 3.63) is 30.1 Å². The first-order valence-electron chi connectivity index (χ1n) is 7.90. The van der Waals surface area contributed by atoms with Crippen LogP contribution in [-0.2, 0) is 11.2 Å². The van der Waals surface area contributed by atoms with Crippen LogP contribution in [0, 0.1) is 5.41 Å². The summed E-state index contributed by atoms with van der Waals surface area (Å²) in [4.78, 5) is 18.3.